The molecule has 126 valence electrons. The van der Waals surface area contributed by atoms with Gasteiger partial charge in [-0.2, -0.15) is 4.98 Å². The van der Waals surface area contributed by atoms with Crippen LogP contribution in [0, 0.1) is 6.92 Å². The SMILES string of the molecule is Cc1cc(C(=O)N[C@@H]2CCCN(c3ncc[nH]c3=O)C2)nc(=O)[nH]1. The summed E-state index contributed by atoms with van der Waals surface area (Å²) in [5.74, 6) is -0.0486. The molecule has 0 aromatic carbocycles. The van der Waals surface area contributed by atoms with Crippen LogP contribution in [0.25, 0.3) is 0 Å². The number of nitrogens with one attached hydrogen (secondary N) is 3. The van der Waals surface area contributed by atoms with Crippen LogP contribution in [-0.2, 0) is 0 Å². The molecule has 1 saturated heterocycles. The zero-order valence-electron chi connectivity index (χ0n) is 13.2. The molecule has 1 aliphatic rings. The van der Waals surface area contributed by atoms with E-state index in [0.717, 1.165) is 12.8 Å². The summed E-state index contributed by atoms with van der Waals surface area (Å²) in [6.45, 7) is 2.87. The van der Waals surface area contributed by atoms with Crippen LogP contribution >= 0.6 is 0 Å². The Morgan fingerprint density at radius 3 is 3.00 bits per heavy atom. The molecule has 2 aromatic rings. The van der Waals surface area contributed by atoms with Crippen LogP contribution in [0.3, 0.4) is 0 Å². The summed E-state index contributed by atoms with van der Waals surface area (Å²) >= 11 is 0. The smallest absolute Gasteiger partial charge is 0.345 e. The highest BCUT2D eigenvalue weighted by Gasteiger charge is 2.24. The Labute approximate surface area is 137 Å². The molecule has 3 rings (SSSR count). The maximum absolute atomic E-state index is 12.3. The highest BCUT2D eigenvalue weighted by atomic mass is 16.2. The fraction of sp³-hybridized carbons (Fsp3) is 0.400. The van der Waals surface area contributed by atoms with E-state index in [4.69, 9.17) is 0 Å². The highest BCUT2D eigenvalue weighted by molar-refractivity contribution is 5.92. The number of carbonyl (C=O) groups is 1. The highest BCUT2D eigenvalue weighted by Crippen LogP contribution is 2.14. The monoisotopic (exact) mass is 330 g/mol. The predicted molar refractivity (Wildman–Crippen MR) is 87.2 cm³/mol. The van der Waals surface area contributed by atoms with E-state index in [0.29, 0.717) is 24.6 Å². The fourth-order valence-corrected chi connectivity index (χ4v) is 2.81. The van der Waals surface area contributed by atoms with E-state index in [1.165, 1.54) is 18.5 Å². The van der Waals surface area contributed by atoms with Crippen LogP contribution in [0.2, 0.25) is 0 Å². The Bertz CT molecular complexity index is 859. The van der Waals surface area contributed by atoms with Gasteiger partial charge in [0.25, 0.3) is 11.5 Å². The number of rotatable bonds is 3. The first-order valence-corrected chi connectivity index (χ1v) is 7.70. The topological polar surface area (TPSA) is 124 Å². The number of carbonyl (C=O) groups excluding carboxylic acids is 1. The van der Waals surface area contributed by atoms with Crippen molar-refractivity contribution in [2.45, 2.75) is 25.8 Å². The summed E-state index contributed by atoms with van der Waals surface area (Å²) in [6, 6.07) is 1.38. The lowest BCUT2D eigenvalue weighted by Gasteiger charge is -2.33. The van der Waals surface area contributed by atoms with Crippen LogP contribution in [0.4, 0.5) is 5.82 Å². The van der Waals surface area contributed by atoms with E-state index in [-0.39, 0.29) is 17.3 Å². The standard InChI is InChI=1S/C15H18N6O3/c1-9-7-11(20-15(24)18-9)13(22)19-10-3-2-6-21(8-10)12-14(23)17-5-4-16-12/h4-5,7,10H,2-3,6,8H2,1H3,(H,17,23)(H,19,22)(H,18,20,24)/t10-/m1/s1. The lowest BCUT2D eigenvalue weighted by molar-refractivity contribution is 0.0927. The second-order valence-corrected chi connectivity index (χ2v) is 5.76. The molecule has 1 amide bonds. The molecule has 9 heteroatoms. The molecule has 1 atom stereocenters. The number of hydrogen-bond acceptors (Lipinski definition) is 6. The van der Waals surface area contributed by atoms with Gasteiger partial charge in [-0.25, -0.2) is 9.78 Å². The van der Waals surface area contributed by atoms with Crippen molar-refractivity contribution in [3.63, 3.8) is 0 Å². The molecule has 0 unspecified atom stereocenters. The van der Waals surface area contributed by atoms with Crippen molar-refractivity contribution in [3.8, 4) is 0 Å². The molecule has 0 aliphatic carbocycles. The minimum absolute atomic E-state index is 0.0871. The Hall–Kier alpha value is -2.97. The van der Waals surface area contributed by atoms with Crippen molar-refractivity contribution in [2.75, 3.05) is 18.0 Å². The number of aromatic amines is 2. The number of nitrogens with zero attached hydrogens (tertiary/aromatic N) is 3. The zero-order valence-corrected chi connectivity index (χ0v) is 13.2. The van der Waals surface area contributed by atoms with E-state index in [1.54, 1.807) is 6.92 Å². The molecule has 0 bridgehead atoms. The van der Waals surface area contributed by atoms with Crippen LogP contribution in [0.15, 0.2) is 28.0 Å². The number of aromatic nitrogens is 4. The first-order valence-electron chi connectivity index (χ1n) is 7.70. The first kappa shape index (κ1) is 15.9. The zero-order chi connectivity index (χ0) is 17.1. The molecule has 24 heavy (non-hydrogen) atoms. The largest absolute Gasteiger partial charge is 0.350 e. The normalized spacial score (nSPS) is 17.5. The van der Waals surface area contributed by atoms with Gasteiger partial charge in [0, 0.05) is 37.2 Å². The van der Waals surface area contributed by atoms with E-state index in [9.17, 15) is 14.4 Å². The van der Waals surface area contributed by atoms with Gasteiger partial charge in [-0.3, -0.25) is 9.59 Å². The van der Waals surface area contributed by atoms with Crippen molar-refractivity contribution in [1.82, 2.24) is 25.3 Å². The number of hydrogen-bond donors (Lipinski definition) is 3. The van der Waals surface area contributed by atoms with Crippen molar-refractivity contribution in [2.24, 2.45) is 0 Å². The summed E-state index contributed by atoms with van der Waals surface area (Å²) in [5, 5.41) is 2.87. The lowest BCUT2D eigenvalue weighted by atomic mass is 10.1. The third kappa shape index (κ3) is 3.50. The van der Waals surface area contributed by atoms with Crippen LogP contribution < -0.4 is 21.5 Å². The number of piperidine rings is 1. The summed E-state index contributed by atoms with van der Waals surface area (Å²) in [7, 11) is 0. The average Bonchev–Trinajstić information content (AvgIpc) is 2.54. The quantitative estimate of drug-likeness (QED) is 0.701. The van der Waals surface area contributed by atoms with Gasteiger partial charge in [-0.1, -0.05) is 0 Å². The number of anilines is 1. The second kappa shape index (κ2) is 6.65. The van der Waals surface area contributed by atoms with Gasteiger partial charge in [-0.15, -0.1) is 0 Å². The molecule has 3 heterocycles. The summed E-state index contributed by atoms with van der Waals surface area (Å²) in [5.41, 5.74) is -0.142. The Morgan fingerprint density at radius 2 is 2.25 bits per heavy atom. The molecule has 1 fully saturated rings. The van der Waals surface area contributed by atoms with Gasteiger partial charge < -0.3 is 20.2 Å². The molecule has 0 saturated carbocycles. The number of aryl methyl sites for hydroxylation is 1. The predicted octanol–water partition coefficient (Wildman–Crippen LogP) is -0.440. The second-order valence-electron chi connectivity index (χ2n) is 5.76. The van der Waals surface area contributed by atoms with Crippen LogP contribution in [0.1, 0.15) is 29.0 Å². The molecule has 0 spiro atoms. The third-order valence-corrected chi connectivity index (χ3v) is 3.86. The maximum atomic E-state index is 12.3. The van der Waals surface area contributed by atoms with Gasteiger partial charge in [0.05, 0.1) is 0 Å². The van der Waals surface area contributed by atoms with Gasteiger partial charge >= 0.3 is 5.69 Å². The Morgan fingerprint density at radius 1 is 1.42 bits per heavy atom. The molecule has 2 aromatic heterocycles. The van der Waals surface area contributed by atoms with Crippen LogP contribution in [0.5, 0.6) is 0 Å². The van der Waals surface area contributed by atoms with Crippen molar-refractivity contribution < 1.29 is 4.79 Å². The van der Waals surface area contributed by atoms with Gasteiger partial charge in [-0.05, 0) is 25.8 Å². The molecule has 3 N–H and O–H groups in total. The van der Waals surface area contributed by atoms with E-state index < -0.39 is 11.6 Å². The molecular weight excluding hydrogens is 312 g/mol. The van der Waals surface area contributed by atoms with Crippen molar-refractivity contribution >= 4 is 11.7 Å². The minimum Gasteiger partial charge on any atom is -0.350 e. The minimum atomic E-state index is -0.551. The molecule has 1 aliphatic heterocycles. The Kier molecular flexibility index (Phi) is 4.41. The molecule has 9 nitrogen and oxygen atoms in total. The Balaban J connectivity index is 1.71. The fourth-order valence-electron chi connectivity index (χ4n) is 2.81. The molecule has 0 radical (unpaired) electrons. The van der Waals surface area contributed by atoms with Crippen LogP contribution in [-0.4, -0.2) is 45.0 Å². The summed E-state index contributed by atoms with van der Waals surface area (Å²) in [6.07, 6.45) is 4.62. The lowest BCUT2D eigenvalue weighted by Crippen LogP contribution is -2.49. The summed E-state index contributed by atoms with van der Waals surface area (Å²) < 4.78 is 0. The number of H-pyrrole nitrogens is 2. The van der Waals surface area contributed by atoms with Gasteiger partial charge in [0.2, 0.25) is 0 Å². The maximum Gasteiger partial charge on any atom is 0.345 e. The van der Waals surface area contributed by atoms with Gasteiger partial charge in [0.1, 0.15) is 5.69 Å². The van der Waals surface area contributed by atoms with Crippen molar-refractivity contribution in [1.29, 1.82) is 0 Å². The van der Waals surface area contributed by atoms with Crippen molar-refractivity contribution in [3.05, 3.63) is 50.7 Å². The van der Waals surface area contributed by atoms with Gasteiger partial charge in [0.15, 0.2) is 5.82 Å². The van der Waals surface area contributed by atoms with E-state index in [1.807, 2.05) is 4.90 Å². The van der Waals surface area contributed by atoms with E-state index in [2.05, 4.69) is 25.3 Å². The first-order chi connectivity index (χ1) is 11.5. The molecular formula is C15H18N6O3. The average molecular weight is 330 g/mol. The summed E-state index contributed by atoms with van der Waals surface area (Å²) in [4.78, 5) is 50.3. The third-order valence-electron chi connectivity index (χ3n) is 3.86. The van der Waals surface area contributed by atoms with E-state index >= 15 is 0 Å². The number of amides is 1.